The summed E-state index contributed by atoms with van der Waals surface area (Å²) >= 11 is 2.11. The standard InChI is InChI=1S/C19H15IN2O5/c1-26-12-7-8-15(16(10-12)27-2)22-18(24)13(17(23)21-19(22)25)9-11-5-3-4-6-14(11)20/h3-10H,1-2H3,(H,21,23,25)/b13-9+. The van der Waals surface area contributed by atoms with Gasteiger partial charge in [0.25, 0.3) is 11.8 Å². The summed E-state index contributed by atoms with van der Waals surface area (Å²) in [5, 5.41) is 2.20. The van der Waals surface area contributed by atoms with Crippen molar-refractivity contribution in [2.45, 2.75) is 0 Å². The van der Waals surface area contributed by atoms with Crippen molar-refractivity contribution < 1.29 is 23.9 Å². The highest BCUT2D eigenvalue weighted by Gasteiger charge is 2.38. The zero-order valence-corrected chi connectivity index (χ0v) is 16.6. The molecule has 0 radical (unpaired) electrons. The van der Waals surface area contributed by atoms with Gasteiger partial charge in [0.1, 0.15) is 17.1 Å². The van der Waals surface area contributed by atoms with E-state index in [0.29, 0.717) is 11.3 Å². The molecule has 0 atom stereocenters. The number of benzene rings is 2. The van der Waals surface area contributed by atoms with Crippen LogP contribution in [0.3, 0.4) is 0 Å². The molecule has 1 saturated heterocycles. The fourth-order valence-corrected chi connectivity index (χ4v) is 3.14. The lowest BCUT2D eigenvalue weighted by atomic mass is 10.1. The number of methoxy groups -OCH3 is 2. The number of nitrogens with one attached hydrogen (secondary N) is 1. The van der Waals surface area contributed by atoms with Crippen molar-refractivity contribution in [3.63, 3.8) is 0 Å². The number of anilines is 1. The van der Waals surface area contributed by atoms with Gasteiger partial charge in [0, 0.05) is 9.64 Å². The average molecular weight is 478 g/mol. The van der Waals surface area contributed by atoms with Crippen LogP contribution in [0.5, 0.6) is 11.5 Å². The van der Waals surface area contributed by atoms with Crippen LogP contribution in [0, 0.1) is 3.57 Å². The summed E-state index contributed by atoms with van der Waals surface area (Å²) in [5.41, 5.74) is 0.770. The first kappa shape index (κ1) is 18.9. The number of nitrogens with zero attached hydrogens (tertiary/aromatic N) is 1. The van der Waals surface area contributed by atoms with Crippen molar-refractivity contribution in [2.24, 2.45) is 0 Å². The Morgan fingerprint density at radius 2 is 1.78 bits per heavy atom. The molecule has 4 amide bonds. The predicted molar refractivity (Wildman–Crippen MR) is 108 cm³/mol. The number of imide groups is 2. The fraction of sp³-hybridized carbons (Fsp3) is 0.105. The Balaban J connectivity index is 2.07. The number of amides is 4. The topological polar surface area (TPSA) is 84.9 Å². The third kappa shape index (κ3) is 3.65. The summed E-state index contributed by atoms with van der Waals surface area (Å²) in [6.45, 7) is 0. The third-order valence-corrected chi connectivity index (χ3v) is 4.92. The van der Waals surface area contributed by atoms with E-state index in [2.05, 4.69) is 27.9 Å². The lowest BCUT2D eigenvalue weighted by Crippen LogP contribution is -2.54. The summed E-state index contributed by atoms with van der Waals surface area (Å²) in [5.74, 6) is -0.702. The maximum Gasteiger partial charge on any atom is 0.336 e. The van der Waals surface area contributed by atoms with Crippen molar-refractivity contribution in [1.82, 2.24) is 5.32 Å². The van der Waals surface area contributed by atoms with Gasteiger partial charge in [0.2, 0.25) is 0 Å². The summed E-state index contributed by atoms with van der Waals surface area (Å²) in [6, 6.07) is 11.1. The summed E-state index contributed by atoms with van der Waals surface area (Å²) in [6.07, 6.45) is 1.47. The van der Waals surface area contributed by atoms with Crippen LogP contribution in [0.25, 0.3) is 6.08 Å². The van der Waals surface area contributed by atoms with E-state index in [1.54, 1.807) is 24.3 Å². The zero-order chi connectivity index (χ0) is 19.6. The van der Waals surface area contributed by atoms with Crippen molar-refractivity contribution in [2.75, 3.05) is 19.1 Å². The van der Waals surface area contributed by atoms with Gasteiger partial charge in [-0.15, -0.1) is 0 Å². The molecule has 1 heterocycles. The number of barbiturate groups is 1. The second-order valence-corrected chi connectivity index (χ2v) is 6.68. The van der Waals surface area contributed by atoms with E-state index < -0.39 is 17.8 Å². The number of ether oxygens (including phenoxy) is 2. The molecule has 138 valence electrons. The molecular formula is C19H15IN2O5. The van der Waals surface area contributed by atoms with Crippen molar-refractivity contribution in [3.8, 4) is 11.5 Å². The van der Waals surface area contributed by atoms with E-state index >= 15 is 0 Å². The molecule has 0 aliphatic carbocycles. The molecular weight excluding hydrogens is 463 g/mol. The molecule has 8 heteroatoms. The Morgan fingerprint density at radius 1 is 1.04 bits per heavy atom. The number of halogens is 1. The van der Waals surface area contributed by atoms with E-state index in [-0.39, 0.29) is 17.0 Å². The SMILES string of the molecule is COc1ccc(N2C(=O)NC(=O)/C(=C\c3ccccc3I)C2=O)c(OC)c1. The van der Waals surface area contributed by atoms with E-state index in [1.165, 1.54) is 26.4 Å². The van der Waals surface area contributed by atoms with Gasteiger partial charge in [0.05, 0.1) is 19.9 Å². The Morgan fingerprint density at radius 3 is 2.44 bits per heavy atom. The van der Waals surface area contributed by atoms with Gasteiger partial charge < -0.3 is 9.47 Å². The molecule has 0 spiro atoms. The average Bonchev–Trinajstić information content (AvgIpc) is 2.66. The molecule has 1 aliphatic rings. The molecule has 1 fully saturated rings. The van der Waals surface area contributed by atoms with Gasteiger partial charge in [0.15, 0.2) is 0 Å². The van der Waals surface area contributed by atoms with Gasteiger partial charge >= 0.3 is 6.03 Å². The molecule has 2 aromatic rings. The highest BCUT2D eigenvalue weighted by atomic mass is 127. The van der Waals surface area contributed by atoms with Crippen LogP contribution < -0.4 is 19.7 Å². The molecule has 1 aliphatic heterocycles. The van der Waals surface area contributed by atoms with Crippen LogP contribution in [0.1, 0.15) is 5.56 Å². The van der Waals surface area contributed by atoms with Crippen LogP contribution in [0.2, 0.25) is 0 Å². The van der Waals surface area contributed by atoms with E-state index in [4.69, 9.17) is 9.47 Å². The monoisotopic (exact) mass is 478 g/mol. The normalized spacial score (nSPS) is 15.7. The first-order valence-corrected chi connectivity index (χ1v) is 8.92. The van der Waals surface area contributed by atoms with Gasteiger partial charge in [-0.3, -0.25) is 14.9 Å². The number of hydrogen-bond donors (Lipinski definition) is 1. The van der Waals surface area contributed by atoms with Gasteiger partial charge in [-0.25, -0.2) is 9.69 Å². The van der Waals surface area contributed by atoms with Crippen LogP contribution >= 0.6 is 22.6 Å². The lowest BCUT2D eigenvalue weighted by Gasteiger charge is -2.27. The second kappa shape index (κ2) is 7.78. The Hall–Kier alpha value is -2.88. The molecule has 0 bridgehead atoms. The summed E-state index contributed by atoms with van der Waals surface area (Å²) in [4.78, 5) is 38.5. The Labute approximate surface area is 169 Å². The third-order valence-electron chi connectivity index (χ3n) is 3.93. The molecule has 0 saturated carbocycles. The quantitative estimate of drug-likeness (QED) is 0.415. The van der Waals surface area contributed by atoms with Crippen molar-refractivity contribution >= 4 is 52.2 Å². The maximum absolute atomic E-state index is 13.0. The van der Waals surface area contributed by atoms with Crippen molar-refractivity contribution in [3.05, 3.63) is 57.2 Å². The maximum atomic E-state index is 13.0. The molecule has 7 nitrogen and oxygen atoms in total. The van der Waals surface area contributed by atoms with Crippen LogP contribution in [0.15, 0.2) is 48.0 Å². The summed E-state index contributed by atoms with van der Waals surface area (Å²) < 4.78 is 11.3. The summed E-state index contributed by atoms with van der Waals surface area (Å²) in [7, 11) is 2.91. The van der Waals surface area contributed by atoms with Gasteiger partial charge in [-0.05, 0) is 52.4 Å². The number of carbonyl (C=O) groups excluding carboxylic acids is 3. The smallest absolute Gasteiger partial charge is 0.336 e. The van der Waals surface area contributed by atoms with E-state index in [0.717, 1.165) is 8.47 Å². The molecule has 27 heavy (non-hydrogen) atoms. The van der Waals surface area contributed by atoms with Crippen molar-refractivity contribution in [1.29, 1.82) is 0 Å². The Bertz CT molecular complexity index is 970. The minimum Gasteiger partial charge on any atom is -0.497 e. The number of rotatable bonds is 4. The van der Waals surface area contributed by atoms with Crippen LogP contribution in [-0.2, 0) is 9.59 Å². The number of urea groups is 1. The Kier molecular flexibility index (Phi) is 5.45. The van der Waals surface area contributed by atoms with Crippen LogP contribution in [0.4, 0.5) is 10.5 Å². The van der Waals surface area contributed by atoms with Gasteiger partial charge in [-0.1, -0.05) is 18.2 Å². The minimum absolute atomic E-state index is 0.142. The molecule has 3 rings (SSSR count). The van der Waals surface area contributed by atoms with Crippen LogP contribution in [-0.4, -0.2) is 32.1 Å². The second-order valence-electron chi connectivity index (χ2n) is 5.52. The molecule has 0 unspecified atom stereocenters. The lowest BCUT2D eigenvalue weighted by molar-refractivity contribution is -0.122. The molecule has 2 aromatic carbocycles. The number of hydrogen-bond acceptors (Lipinski definition) is 5. The highest BCUT2D eigenvalue weighted by Crippen LogP contribution is 2.34. The molecule has 0 aromatic heterocycles. The highest BCUT2D eigenvalue weighted by molar-refractivity contribution is 14.1. The fourth-order valence-electron chi connectivity index (χ4n) is 2.59. The zero-order valence-electron chi connectivity index (χ0n) is 14.5. The minimum atomic E-state index is -0.839. The first-order chi connectivity index (χ1) is 13.0. The van der Waals surface area contributed by atoms with E-state index in [1.807, 2.05) is 12.1 Å². The van der Waals surface area contributed by atoms with Gasteiger partial charge in [-0.2, -0.15) is 0 Å². The number of carbonyl (C=O) groups is 3. The first-order valence-electron chi connectivity index (χ1n) is 7.84. The predicted octanol–water partition coefficient (Wildman–Crippen LogP) is 2.97. The largest absolute Gasteiger partial charge is 0.497 e. The molecule has 1 N–H and O–H groups in total. The van der Waals surface area contributed by atoms with E-state index in [9.17, 15) is 14.4 Å².